The predicted octanol–water partition coefficient (Wildman–Crippen LogP) is 3.09. The molecule has 22 heavy (non-hydrogen) atoms. The van der Waals surface area contributed by atoms with Gasteiger partial charge in [-0.25, -0.2) is 4.79 Å². The van der Waals surface area contributed by atoms with Crippen LogP contribution in [0.15, 0.2) is 35.7 Å². The van der Waals surface area contributed by atoms with E-state index in [0.29, 0.717) is 11.4 Å². The van der Waals surface area contributed by atoms with Crippen LogP contribution in [0.3, 0.4) is 0 Å². The summed E-state index contributed by atoms with van der Waals surface area (Å²) in [6.07, 6.45) is 0.991. The number of ether oxygens (including phenoxy) is 1. The predicted molar refractivity (Wildman–Crippen MR) is 87.0 cm³/mol. The Balaban J connectivity index is 1.76. The van der Waals surface area contributed by atoms with Crippen molar-refractivity contribution in [2.45, 2.75) is 26.8 Å². The average Bonchev–Trinajstić information content (AvgIpc) is 2.97. The Morgan fingerprint density at radius 3 is 2.41 bits per heavy atom. The smallest absolute Gasteiger partial charge is 0.349 e. The largest absolute Gasteiger partial charge is 0.451 e. The molecule has 0 spiro atoms. The number of rotatable bonds is 6. The van der Waals surface area contributed by atoms with E-state index < -0.39 is 5.97 Å². The third-order valence-electron chi connectivity index (χ3n) is 3.30. The maximum Gasteiger partial charge on any atom is 0.349 e. The zero-order valence-electron chi connectivity index (χ0n) is 12.7. The van der Waals surface area contributed by atoms with Crippen LogP contribution in [0, 0.1) is 6.92 Å². The Morgan fingerprint density at radius 2 is 1.82 bits per heavy atom. The number of amides is 1. The molecule has 0 aliphatic heterocycles. The Labute approximate surface area is 134 Å². The van der Waals surface area contributed by atoms with Gasteiger partial charge in [-0.05, 0) is 41.5 Å². The molecule has 1 aromatic carbocycles. The number of hydrogen-bond donors (Lipinski definition) is 1. The van der Waals surface area contributed by atoms with Crippen LogP contribution in [0.25, 0.3) is 0 Å². The van der Waals surface area contributed by atoms with Crippen molar-refractivity contribution in [2.24, 2.45) is 0 Å². The minimum Gasteiger partial charge on any atom is -0.451 e. The normalized spacial score (nSPS) is 10.3. The second kappa shape index (κ2) is 7.75. The standard InChI is InChI=1S/C17H19NO3S/c1-3-13-4-6-14(7-5-13)10-18-15(19)11-21-17(20)16-12(2)8-9-22-16/h4-9H,3,10-11H2,1-2H3,(H,18,19). The number of benzene rings is 1. The lowest BCUT2D eigenvalue weighted by Crippen LogP contribution is -2.28. The molecule has 0 aliphatic carbocycles. The Kier molecular flexibility index (Phi) is 5.72. The minimum atomic E-state index is -0.449. The van der Waals surface area contributed by atoms with Crippen molar-refractivity contribution in [3.8, 4) is 0 Å². The fourth-order valence-corrected chi connectivity index (χ4v) is 2.74. The van der Waals surface area contributed by atoms with Crippen molar-refractivity contribution in [1.29, 1.82) is 0 Å². The van der Waals surface area contributed by atoms with Gasteiger partial charge in [0.15, 0.2) is 6.61 Å². The molecular formula is C17H19NO3S. The van der Waals surface area contributed by atoms with Gasteiger partial charge in [0.05, 0.1) is 0 Å². The molecule has 0 fully saturated rings. The summed E-state index contributed by atoms with van der Waals surface area (Å²) in [5, 5.41) is 4.56. The Hall–Kier alpha value is -2.14. The van der Waals surface area contributed by atoms with Gasteiger partial charge >= 0.3 is 5.97 Å². The molecule has 1 heterocycles. The van der Waals surface area contributed by atoms with E-state index in [9.17, 15) is 9.59 Å². The number of thiophene rings is 1. The Morgan fingerprint density at radius 1 is 1.14 bits per heavy atom. The lowest BCUT2D eigenvalue weighted by molar-refractivity contribution is -0.124. The third-order valence-corrected chi connectivity index (χ3v) is 4.30. The van der Waals surface area contributed by atoms with E-state index in [2.05, 4.69) is 12.2 Å². The van der Waals surface area contributed by atoms with E-state index in [0.717, 1.165) is 17.5 Å². The number of carbonyl (C=O) groups excluding carboxylic acids is 2. The molecule has 0 radical (unpaired) electrons. The first-order chi connectivity index (χ1) is 10.6. The summed E-state index contributed by atoms with van der Waals surface area (Å²) in [6, 6.07) is 9.91. The van der Waals surface area contributed by atoms with Gasteiger partial charge in [0.2, 0.25) is 0 Å². The van der Waals surface area contributed by atoms with Gasteiger partial charge in [0, 0.05) is 6.54 Å². The highest BCUT2D eigenvalue weighted by Gasteiger charge is 2.13. The summed E-state index contributed by atoms with van der Waals surface area (Å²) in [6.45, 7) is 4.11. The Bertz CT molecular complexity index is 646. The highest BCUT2D eigenvalue weighted by atomic mass is 32.1. The minimum absolute atomic E-state index is 0.261. The maximum absolute atomic E-state index is 11.8. The maximum atomic E-state index is 11.8. The molecule has 0 atom stereocenters. The molecule has 1 amide bonds. The van der Waals surface area contributed by atoms with Crippen molar-refractivity contribution in [2.75, 3.05) is 6.61 Å². The summed E-state index contributed by atoms with van der Waals surface area (Å²) in [7, 11) is 0. The highest BCUT2D eigenvalue weighted by molar-refractivity contribution is 7.12. The van der Waals surface area contributed by atoms with Gasteiger partial charge < -0.3 is 10.1 Å². The molecule has 2 aromatic rings. The molecule has 116 valence electrons. The number of hydrogen-bond acceptors (Lipinski definition) is 4. The first-order valence-electron chi connectivity index (χ1n) is 7.16. The molecule has 0 saturated heterocycles. The number of carbonyl (C=O) groups is 2. The number of aryl methyl sites for hydroxylation is 2. The molecule has 1 aromatic heterocycles. The summed E-state index contributed by atoms with van der Waals surface area (Å²) in [5.74, 6) is -0.753. The van der Waals surface area contributed by atoms with E-state index in [1.807, 2.05) is 42.6 Å². The van der Waals surface area contributed by atoms with Crippen molar-refractivity contribution in [3.05, 3.63) is 57.3 Å². The van der Waals surface area contributed by atoms with Crippen molar-refractivity contribution in [3.63, 3.8) is 0 Å². The van der Waals surface area contributed by atoms with Crippen molar-refractivity contribution >= 4 is 23.2 Å². The molecule has 0 saturated carbocycles. The fraction of sp³-hybridized carbons (Fsp3) is 0.294. The average molecular weight is 317 g/mol. The zero-order chi connectivity index (χ0) is 15.9. The van der Waals surface area contributed by atoms with Crippen LogP contribution >= 0.6 is 11.3 Å². The summed E-state index contributed by atoms with van der Waals surface area (Å²) in [5.41, 5.74) is 3.15. The summed E-state index contributed by atoms with van der Waals surface area (Å²) >= 11 is 1.32. The number of nitrogens with one attached hydrogen (secondary N) is 1. The first kappa shape index (κ1) is 16.2. The van der Waals surface area contributed by atoms with Gasteiger partial charge in [-0.1, -0.05) is 31.2 Å². The van der Waals surface area contributed by atoms with Crippen LogP contribution in [-0.4, -0.2) is 18.5 Å². The number of esters is 1. The molecule has 0 bridgehead atoms. The molecule has 5 heteroatoms. The molecular weight excluding hydrogens is 298 g/mol. The SMILES string of the molecule is CCc1ccc(CNC(=O)COC(=O)c2sccc2C)cc1. The summed E-state index contributed by atoms with van der Waals surface area (Å²) < 4.78 is 5.01. The van der Waals surface area contributed by atoms with Crippen LogP contribution < -0.4 is 5.32 Å². The molecule has 4 nitrogen and oxygen atoms in total. The van der Waals surface area contributed by atoms with Crippen LogP contribution in [-0.2, 0) is 22.5 Å². The lowest BCUT2D eigenvalue weighted by Gasteiger charge is -2.07. The summed E-state index contributed by atoms with van der Waals surface area (Å²) in [4.78, 5) is 24.0. The molecule has 1 N–H and O–H groups in total. The second-order valence-electron chi connectivity index (χ2n) is 4.96. The topological polar surface area (TPSA) is 55.4 Å². The van der Waals surface area contributed by atoms with Gasteiger partial charge in [-0.2, -0.15) is 0 Å². The van der Waals surface area contributed by atoms with E-state index in [4.69, 9.17) is 4.74 Å². The molecule has 0 unspecified atom stereocenters. The third kappa shape index (κ3) is 4.43. The zero-order valence-corrected chi connectivity index (χ0v) is 13.5. The quantitative estimate of drug-likeness (QED) is 0.833. The first-order valence-corrected chi connectivity index (χ1v) is 8.04. The van der Waals surface area contributed by atoms with E-state index in [-0.39, 0.29) is 12.5 Å². The van der Waals surface area contributed by atoms with E-state index >= 15 is 0 Å². The fourth-order valence-electron chi connectivity index (χ4n) is 1.92. The van der Waals surface area contributed by atoms with Crippen LogP contribution in [0.2, 0.25) is 0 Å². The molecule has 0 aliphatic rings. The van der Waals surface area contributed by atoms with Crippen molar-refractivity contribution in [1.82, 2.24) is 5.32 Å². The van der Waals surface area contributed by atoms with Crippen LogP contribution in [0.4, 0.5) is 0 Å². The molecule has 2 rings (SSSR count). The van der Waals surface area contributed by atoms with Crippen LogP contribution in [0.5, 0.6) is 0 Å². The van der Waals surface area contributed by atoms with Crippen LogP contribution in [0.1, 0.15) is 33.3 Å². The lowest BCUT2D eigenvalue weighted by atomic mass is 10.1. The monoisotopic (exact) mass is 317 g/mol. The second-order valence-corrected chi connectivity index (χ2v) is 5.87. The highest BCUT2D eigenvalue weighted by Crippen LogP contribution is 2.16. The van der Waals surface area contributed by atoms with Gasteiger partial charge in [0.25, 0.3) is 5.91 Å². The van der Waals surface area contributed by atoms with Gasteiger partial charge in [0.1, 0.15) is 4.88 Å². The van der Waals surface area contributed by atoms with Crippen molar-refractivity contribution < 1.29 is 14.3 Å². The van der Waals surface area contributed by atoms with E-state index in [1.54, 1.807) is 0 Å². The van der Waals surface area contributed by atoms with E-state index in [1.165, 1.54) is 16.9 Å². The van der Waals surface area contributed by atoms with Gasteiger partial charge in [-0.3, -0.25) is 4.79 Å². The van der Waals surface area contributed by atoms with Gasteiger partial charge in [-0.15, -0.1) is 11.3 Å².